The molecule has 0 saturated carbocycles. The molecule has 35 heteroatoms. The molecule has 0 bridgehead atoms. The predicted octanol–water partition coefficient (Wildman–Crippen LogP) is 9.81. The minimum Gasteiger partial charge on any atom is -0.463 e. The maximum atomic E-state index is 15.3. The number of nitrogens with one attached hydrogen (secondary N) is 2. The van der Waals surface area contributed by atoms with Gasteiger partial charge in [0, 0.05) is 20.8 Å². The zero-order valence-electron chi connectivity index (χ0n) is 63.2. The second kappa shape index (κ2) is 41.0. The van der Waals surface area contributed by atoms with Crippen molar-refractivity contribution >= 4 is 118 Å². The van der Waals surface area contributed by atoms with Crippen LogP contribution in [0.25, 0.3) is 0 Å². The first kappa shape index (κ1) is 87.9. The molecule has 7 aromatic rings. The monoisotopic (exact) mass is 1710 g/mol. The van der Waals surface area contributed by atoms with E-state index in [1.54, 1.807) is 54.6 Å². The molecule has 622 valence electrons. The van der Waals surface area contributed by atoms with Gasteiger partial charge in [-0.15, -0.1) is 11.6 Å². The average molecular weight is 1710 g/mol. The average Bonchev–Trinajstić information content (AvgIpc) is 0.754. The van der Waals surface area contributed by atoms with E-state index < -0.39 is 217 Å². The van der Waals surface area contributed by atoms with Crippen LogP contribution in [0.1, 0.15) is 107 Å². The highest BCUT2D eigenvalue weighted by Gasteiger charge is 2.62. The zero-order chi connectivity index (χ0) is 84.3. The van der Waals surface area contributed by atoms with Crippen molar-refractivity contribution in [2.45, 2.75) is 161 Å². The lowest BCUT2D eigenvalue weighted by molar-refractivity contribution is -0.374. The lowest BCUT2D eigenvalue weighted by Gasteiger charge is -2.51. The van der Waals surface area contributed by atoms with Gasteiger partial charge in [0.15, 0.2) is 67.7 Å². The Morgan fingerprint density at radius 1 is 0.339 bits per heavy atom. The van der Waals surface area contributed by atoms with Crippen molar-refractivity contribution in [1.82, 2.24) is 5.32 Å². The van der Waals surface area contributed by atoms with Crippen molar-refractivity contribution in [1.29, 1.82) is 5.41 Å². The number of amides is 1. The molecule has 0 aliphatic carbocycles. The van der Waals surface area contributed by atoms with Crippen molar-refractivity contribution in [3.05, 3.63) is 251 Å². The van der Waals surface area contributed by atoms with E-state index in [0.29, 0.717) is 0 Å². The van der Waals surface area contributed by atoms with Gasteiger partial charge >= 0.3 is 59.7 Å². The molecule has 11 rings (SSSR count). The summed E-state index contributed by atoms with van der Waals surface area (Å²) in [6.45, 7) is 3.90. The van der Waals surface area contributed by atoms with Crippen LogP contribution in [0.2, 0.25) is 0 Å². The number of halogens is 4. The molecular formula is C83H78Cl4N2O29. The summed E-state index contributed by atoms with van der Waals surface area (Å²) >= 11 is 24.9. The van der Waals surface area contributed by atoms with Crippen LogP contribution in [0.15, 0.2) is 212 Å². The Kier molecular flexibility index (Phi) is 30.5. The van der Waals surface area contributed by atoms with Gasteiger partial charge in [0.25, 0.3) is 3.79 Å². The number of benzene rings is 7. The summed E-state index contributed by atoms with van der Waals surface area (Å²) in [5.41, 5.74) is -0.490. The third-order valence-corrected chi connectivity index (χ3v) is 19.2. The summed E-state index contributed by atoms with van der Waals surface area (Å²) in [5.74, 6) is -13.9. The maximum absolute atomic E-state index is 15.3. The molecule has 20 atom stereocenters. The Bertz CT molecular complexity index is 4640. The Balaban J connectivity index is 1.09. The Morgan fingerprint density at radius 2 is 0.644 bits per heavy atom. The highest BCUT2D eigenvalue weighted by molar-refractivity contribution is 6.76. The number of esters is 10. The maximum Gasteiger partial charge on any atom is 0.338 e. The summed E-state index contributed by atoms with van der Waals surface area (Å²) in [4.78, 5) is 158. The minimum atomic E-state index is -2.62. The summed E-state index contributed by atoms with van der Waals surface area (Å²) < 4.78 is 113. The molecule has 4 heterocycles. The van der Waals surface area contributed by atoms with Gasteiger partial charge in [0.2, 0.25) is 18.1 Å². The van der Waals surface area contributed by atoms with Gasteiger partial charge in [0.1, 0.15) is 55.7 Å². The first-order chi connectivity index (χ1) is 56.6. The summed E-state index contributed by atoms with van der Waals surface area (Å²) in [6, 6.07) is 49.8. The van der Waals surface area contributed by atoms with E-state index in [-0.39, 0.29) is 38.9 Å². The third-order valence-electron chi connectivity index (χ3n) is 18.5. The Morgan fingerprint density at radius 3 is 1.02 bits per heavy atom. The van der Waals surface area contributed by atoms with Crippen molar-refractivity contribution < 1.29 is 138 Å². The van der Waals surface area contributed by atoms with E-state index in [1.807, 2.05) is 0 Å². The van der Waals surface area contributed by atoms with Crippen molar-refractivity contribution in [3.8, 4) is 0 Å². The molecule has 2 N–H and O–H groups in total. The summed E-state index contributed by atoms with van der Waals surface area (Å²) in [6.07, 6.45) is -38.3. The molecule has 118 heavy (non-hydrogen) atoms. The number of ether oxygens (including phenoxy) is 18. The molecule has 4 aliphatic heterocycles. The number of hydrogen-bond acceptors (Lipinski definition) is 30. The molecule has 0 aromatic heterocycles. The fraction of sp³-hybridized carbons (Fsp3) is 0.349. The van der Waals surface area contributed by atoms with Gasteiger partial charge in [-0.1, -0.05) is 162 Å². The van der Waals surface area contributed by atoms with Crippen LogP contribution in [0.5, 0.6) is 0 Å². The number of carbonyl (C=O) groups excluding carboxylic acids is 11. The van der Waals surface area contributed by atoms with E-state index in [4.69, 9.17) is 137 Å². The van der Waals surface area contributed by atoms with Gasteiger partial charge in [-0.3, -0.25) is 24.6 Å². The summed E-state index contributed by atoms with van der Waals surface area (Å²) in [7, 11) is 0. The second-order valence-electron chi connectivity index (χ2n) is 26.8. The lowest BCUT2D eigenvalue weighted by Crippen LogP contribution is -2.71. The van der Waals surface area contributed by atoms with Crippen molar-refractivity contribution in [3.63, 3.8) is 0 Å². The first-order valence-corrected chi connectivity index (χ1v) is 38.3. The molecule has 1 amide bonds. The largest absolute Gasteiger partial charge is 0.463 e. The number of rotatable bonds is 28. The number of alkyl halides is 4. The lowest BCUT2D eigenvalue weighted by atomic mass is 9.93. The number of carbonyl (C=O) groups is 11. The van der Waals surface area contributed by atoms with Crippen LogP contribution in [0.3, 0.4) is 0 Å². The quantitative estimate of drug-likeness (QED) is 0.0151. The van der Waals surface area contributed by atoms with E-state index in [1.165, 1.54) is 172 Å². The Labute approximate surface area is 694 Å². The van der Waals surface area contributed by atoms with Gasteiger partial charge in [0.05, 0.1) is 51.2 Å². The van der Waals surface area contributed by atoms with Crippen LogP contribution in [0.4, 0.5) is 0 Å². The zero-order valence-corrected chi connectivity index (χ0v) is 66.3. The SMILES string of the molecule is CC(=O)N[C@H]1[C@@H](O[C@@H]2[C@@H](OC(=O)c3ccccc3)[C@H](C)O[C@@H](O[C@@H]3[C@@H](OC(=O)c4ccccc4)[C@H](C)O[C@@H](OC(=N)C(Cl)(Cl)Cl)[C@@H]3OC(=O)c3ccccc3)[C@@H]2OC(=O)c2ccccc2)O[C@H](COC(C)=O)[C@@H](OC(C)=O)[C@@H]1O[C@H]1O[C@H](COC(=O)c2ccccc2)[C@H](OC(=O)c2ccccc2)[C@H](OC(=O)c2ccccc2)[C@H]1OC(=O)CCl. The van der Waals surface area contributed by atoms with Crippen LogP contribution in [-0.2, 0) is 104 Å². The van der Waals surface area contributed by atoms with E-state index >= 15 is 4.79 Å². The molecule has 0 radical (unpaired) electrons. The van der Waals surface area contributed by atoms with E-state index in [9.17, 15) is 47.9 Å². The van der Waals surface area contributed by atoms with Crippen molar-refractivity contribution in [2.24, 2.45) is 0 Å². The molecular weight excluding hydrogens is 1630 g/mol. The molecule has 7 aromatic carbocycles. The fourth-order valence-corrected chi connectivity index (χ4v) is 13.2. The van der Waals surface area contributed by atoms with Crippen LogP contribution < -0.4 is 5.32 Å². The van der Waals surface area contributed by atoms with Gasteiger partial charge in [-0.25, -0.2) is 33.6 Å². The second-order valence-corrected chi connectivity index (χ2v) is 29.4. The molecule has 0 unspecified atom stereocenters. The molecule has 31 nitrogen and oxygen atoms in total. The van der Waals surface area contributed by atoms with Gasteiger partial charge in [-0.2, -0.15) is 0 Å². The summed E-state index contributed by atoms with van der Waals surface area (Å²) in [5, 5.41) is 11.5. The van der Waals surface area contributed by atoms with Crippen LogP contribution in [0, 0.1) is 5.41 Å². The molecule has 4 fully saturated rings. The topological polar surface area (TPSA) is 390 Å². The number of hydrogen-bond donors (Lipinski definition) is 2. The smallest absolute Gasteiger partial charge is 0.338 e. The highest BCUT2D eigenvalue weighted by Crippen LogP contribution is 2.42. The van der Waals surface area contributed by atoms with Crippen molar-refractivity contribution in [2.75, 3.05) is 19.1 Å². The standard InChI is InChI=1S/C83H78Cl4N2O29/c1-44-60(109-72(95)50-29-15-7-16-30-50)65(69(113-76(99)54-37-23-11-24-38-54)79(103-44)117-66-61(110-73(96)51-31-17-8-18-32-51)45(2)104-80(118-82(88)83(85,86)87)70(66)114-77(100)55-39-25-12-26-40-55)116-78-59(89-46(3)90)64(62(105-48(5)92)56(106-78)42-101-47(4)91)115-81-68(108-58(93)41-84)67(112-75(98)53-35-21-10-22-36-53)63(111-74(97)52-33-19-9-20-34-52)57(107-81)43-102-71(94)49-27-13-6-14-28-49/h6-40,44-45,56-57,59-70,78-81,88H,41-43H2,1-5H3,(H,89,90)/t44-,45-,56+,57+,59+,60-,61-,62+,63-,64+,65+,66+,67-,68+,69+,70+,78+,79-,80-,81+/m0/s1. The van der Waals surface area contributed by atoms with Gasteiger partial charge in [-0.05, 0) is 98.8 Å². The first-order valence-electron chi connectivity index (χ1n) is 36.6. The highest BCUT2D eigenvalue weighted by atomic mass is 35.6. The fourth-order valence-electron chi connectivity index (χ4n) is 13.0. The molecule has 0 spiro atoms. The van der Waals surface area contributed by atoms with Gasteiger partial charge < -0.3 is 90.6 Å². The van der Waals surface area contributed by atoms with Crippen LogP contribution in [-0.4, -0.2) is 217 Å². The minimum absolute atomic E-state index is 0.0182. The van der Waals surface area contributed by atoms with Crippen LogP contribution >= 0.6 is 46.4 Å². The molecule has 4 saturated heterocycles. The predicted molar refractivity (Wildman–Crippen MR) is 411 cm³/mol. The normalized spacial score (nSPS) is 26.7. The van der Waals surface area contributed by atoms with E-state index in [0.717, 1.165) is 20.8 Å². The third kappa shape index (κ3) is 22.9. The molecule has 4 aliphatic rings. The van der Waals surface area contributed by atoms with E-state index in [2.05, 4.69) is 5.32 Å². The Hall–Kier alpha value is -10.9.